The van der Waals surface area contributed by atoms with Gasteiger partial charge in [0.15, 0.2) is 5.12 Å². The Kier molecular flexibility index (Phi) is 6.60. The number of anilines is 1. The molecule has 1 aliphatic heterocycles. The van der Waals surface area contributed by atoms with Crippen molar-refractivity contribution in [2.75, 3.05) is 24.2 Å². The molecule has 136 valence electrons. The first kappa shape index (κ1) is 19.5. The molecule has 0 spiro atoms. The molecule has 0 fully saturated rings. The molecule has 0 aromatic carbocycles. The number of fused-ring (bicyclic) bond motifs is 1. The molecule has 2 amide bonds. The van der Waals surface area contributed by atoms with Crippen LogP contribution in [0.3, 0.4) is 0 Å². The first-order valence-corrected chi connectivity index (χ1v) is 9.64. The number of hydrogen-bond acceptors (Lipinski definition) is 7. The van der Waals surface area contributed by atoms with Crippen LogP contribution in [0.4, 0.5) is 5.00 Å². The van der Waals surface area contributed by atoms with E-state index in [9.17, 15) is 19.2 Å². The van der Waals surface area contributed by atoms with Gasteiger partial charge in [-0.3, -0.25) is 14.4 Å². The molecular weight excluding hydrogens is 364 g/mol. The molecule has 2 rings (SSSR count). The number of nitrogens with one attached hydrogen (secondary N) is 1. The van der Waals surface area contributed by atoms with Gasteiger partial charge < -0.3 is 15.0 Å². The number of nitrogens with zero attached hydrogens (tertiary/aromatic N) is 1. The highest BCUT2D eigenvalue weighted by Gasteiger charge is 2.30. The summed E-state index contributed by atoms with van der Waals surface area (Å²) in [5.41, 5.74) is 1.20. The molecule has 0 radical (unpaired) electrons. The maximum atomic E-state index is 12.4. The number of esters is 1. The van der Waals surface area contributed by atoms with E-state index < -0.39 is 5.97 Å². The van der Waals surface area contributed by atoms with E-state index in [0.29, 0.717) is 30.1 Å². The molecule has 1 aliphatic rings. The van der Waals surface area contributed by atoms with Crippen LogP contribution in [0, 0.1) is 0 Å². The molecule has 0 saturated heterocycles. The molecule has 7 nitrogen and oxygen atoms in total. The quantitative estimate of drug-likeness (QED) is 0.781. The molecule has 1 aromatic heterocycles. The predicted molar refractivity (Wildman–Crippen MR) is 96.8 cm³/mol. The van der Waals surface area contributed by atoms with Crippen LogP contribution in [0.15, 0.2) is 0 Å². The highest BCUT2D eigenvalue weighted by molar-refractivity contribution is 8.14. The standard InChI is InChI=1S/C16H20N2O5S2/c1-4-23-16(22)14-11-5-6-18(9(2)19)7-12(11)25-15(14)17-13(21)8-24-10(3)20/h4-8H2,1-3H3,(H,17,21). The third kappa shape index (κ3) is 4.82. The fourth-order valence-corrected chi connectivity index (χ4v) is 4.18. The number of amides is 2. The number of thioether (sulfide) groups is 1. The normalized spacial score (nSPS) is 13.2. The summed E-state index contributed by atoms with van der Waals surface area (Å²) in [6.07, 6.45) is 0.539. The summed E-state index contributed by atoms with van der Waals surface area (Å²) in [7, 11) is 0. The van der Waals surface area contributed by atoms with E-state index in [2.05, 4.69) is 5.32 Å². The first-order valence-electron chi connectivity index (χ1n) is 7.83. The van der Waals surface area contributed by atoms with E-state index in [-0.39, 0.29) is 29.3 Å². The zero-order valence-electron chi connectivity index (χ0n) is 14.3. The molecule has 0 bridgehead atoms. The summed E-state index contributed by atoms with van der Waals surface area (Å²) in [5, 5.41) is 2.98. The average Bonchev–Trinajstić information content (AvgIpc) is 2.89. The smallest absolute Gasteiger partial charge is 0.341 e. The molecular formula is C16H20N2O5S2. The Morgan fingerprint density at radius 3 is 2.60 bits per heavy atom. The van der Waals surface area contributed by atoms with Gasteiger partial charge in [0.2, 0.25) is 11.8 Å². The van der Waals surface area contributed by atoms with Crippen molar-refractivity contribution in [1.82, 2.24) is 4.90 Å². The zero-order chi connectivity index (χ0) is 18.6. The van der Waals surface area contributed by atoms with Crippen molar-refractivity contribution in [2.45, 2.75) is 33.7 Å². The zero-order valence-corrected chi connectivity index (χ0v) is 16.0. The minimum Gasteiger partial charge on any atom is -0.462 e. The average molecular weight is 384 g/mol. The van der Waals surface area contributed by atoms with E-state index in [4.69, 9.17) is 4.74 Å². The van der Waals surface area contributed by atoms with E-state index in [1.54, 1.807) is 11.8 Å². The van der Waals surface area contributed by atoms with E-state index in [0.717, 1.165) is 22.2 Å². The summed E-state index contributed by atoms with van der Waals surface area (Å²) in [6.45, 7) is 5.79. The van der Waals surface area contributed by atoms with Crippen LogP contribution in [-0.2, 0) is 32.1 Å². The molecule has 9 heteroatoms. The maximum Gasteiger partial charge on any atom is 0.341 e. The summed E-state index contributed by atoms with van der Waals surface area (Å²) < 4.78 is 5.12. The molecule has 0 atom stereocenters. The van der Waals surface area contributed by atoms with Gasteiger partial charge in [0.1, 0.15) is 5.00 Å². The van der Waals surface area contributed by atoms with Crippen molar-refractivity contribution >= 4 is 51.0 Å². The minimum atomic E-state index is -0.481. The Morgan fingerprint density at radius 1 is 1.28 bits per heavy atom. The highest BCUT2D eigenvalue weighted by atomic mass is 32.2. The van der Waals surface area contributed by atoms with Crippen LogP contribution in [0.1, 0.15) is 41.6 Å². The maximum absolute atomic E-state index is 12.4. The lowest BCUT2D eigenvalue weighted by molar-refractivity contribution is -0.129. The van der Waals surface area contributed by atoms with Crippen LogP contribution in [-0.4, -0.2) is 46.7 Å². The van der Waals surface area contributed by atoms with Crippen molar-refractivity contribution in [3.05, 3.63) is 16.0 Å². The van der Waals surface area contributed by atoms with Gasteiger partial charge in [0.05, 0.1) is 24.5 Å². The van der Waals surface area contributed by atoms with Gasteiger partial charge in [-0.1, -0.05) is 11.8 Å². The number of thiophene rings is 1. The summed E-state index contributed by atoms with van der Waals surface area (Å²) in [6, 6.07) is 0. The fourth-order valence-electron chi connectivity index (χ4n) is 2.51. The summed E-state index contributed by atoms with van der Waals surface area (Å²) in [5.74, 6) is -0.876. The Labute approximate surface area is 154 Å². The second kappa shape index (κ2) is 8.48. The van der Waals surface area contributed by atoms with Gasteiger partial charge in [0, 0.05) is 25.3 Å². The number of hydrogen-bond donors (Lipinski definition) is 1. The molecule has 2 heterocycles. The van der Waals surface area contributed by atoms with E-state index in [1.165, 1.54) is 25.2 Å². The predicted octanol–water partition coefficient (Wildman–Crippen LogP) is 2.05. The Hall–Kier alpha value is -1.87. The van der Waals surface area contributed by atoms with Crippen molar-refractivity contribution in [1.29, 1.82) is 0 Å². The molecule has 1 N–H and O–H groups in total. The van der Waals surface area contributed by atoms with E-state index >= 15 is 0 Å². The lowest BCUT2D eigenvalue weighted by atomic mass is 10.0. The minimum absolute atomic E-state index is 0.0142. The van der Waals surface area contributed by atoms with Crippen LogP contribution in [0.5, 0.6) is 0 Å². The SMILES string of the molecule is CCOC(=O)c1c(NC(=O)CSC(C)=O)sc2c1CCN(C(C)=O)C2. The van der Waals surface area contributed by atoms with Gasteiger partial charge >= 0.3 is 5.97 Å². The van der Waals surface area contributed by atoms with Crippen LogP contribution in [0.2, 0.25) is 0 Å². The molecule has 1 aromatic rings. The fraction of sp³-hybridized carbons (Fsp3) is 0.500. The van der Waals surface area contributed by atoms with Crippen LogP contribution in [0.25, 0.3) is 0 Å². The molecule has 25 heavy (non-hydrogen) atoms. The molecule has 0 aliphatic carbocycles. The highest BCUT2D eigenvalue weighted by Crippen LogP contribution is 2.37. The molecule has 0 saturated carbocycles. The summed E-state index contributed by atoms with van der Waals surface area (Å²) >= 11 is 2.19. The van der Waals surface area contributed by atoms with Crippen molar-refractivity contribution < 1.29 is 23.9 Å². The second-order valence-electron chi connectivity index (χ2n) is 5.45. The number of ether oxygens (including phenoxy) is 1. The number of carbonyl (C=O) groups is 4. The van der Waals surface area contributed by atoms with Gasteiger partial charge in [-0.15, -0.1) is 11.3 Å². The largest absolute Gasteiger partial charge is 0.462 e. The van der Waals surface area contributed by atoms with E-state index in [1.807, 2.05) is 0 Å². The first-order chi connectivity index (χ1) is 11.8. The Balaban J connectivity index is 2.28. The third-order valence-corrected chi connectivity index (χ3v) is 5.59. The monoisotopic (exact) mass is 384 g/mol. The van der Waals surface area contributed by atoms with Gasteiger partial charge in [-0.2, -0.15) is 0 Å². The van der Waals surface area contributed by atoms with Crippen molar-refractivity contribution in [3.8, 4) is 0 Å². The summed E-state index contributed by atoms with van der Waals surface area (Å²) in [4.78, 5) is 49.6. The second-order valence-corrected chi connectivity index (χ2v) is 7.70. The van der Waals surface area contributed by atoms with Gasteiger partial charge in [-0.05, 0) is 18.9 Å². The number of carbonyl (C=O) groups excluding carboxylic acids is 4. The topological polar surface area (TPSA) is 92.8 Å². The van der Waals surface area contributed by atoms with Crippen LogP contribution < -0.4 is 5.32 Å². The van der Waals surface area contributed by atoms with Crippen LogP contribution >= 0.6 is 23.1 Å². The van der Waals surface area contributed by atoms with Gasteiger partial charge in [0.25, 0.3) is 0 Å². The Bertz CT molecular complexity index is 714. The van der Waals surface area contributed by atoms with Crippen molar-refractivity contribution in [3.63, 3.8) is 0 Å². The Morgan fingerprint density at radius 2 is 2.00 bits per heavy atom. The van der Waals surface area contributed by atoms with Gasteiger partial charge in [-0.25, -0.2) is 4.79 Å². The lowest BCUT2D eigenvalue weighted by Crippen LogP contribution is -2.34. The lowest BCUT2D eigenvalue weighted by Gasteiger charge is -2.25. The molecule has 0 unspecified atom stereocenters. The number of rotatable bonds is 5. The third-order valence-electron chi connectivity index (χ3n) is 3.64. The van der Waals surface area contributed by atoms with Crippen molar-refractivity contribution in [2.24, 2.45) is 0 Å².